The molecule has 162 valence electrons. The molecular weight excluding hydrogens is 416 g/mol. The molecule has 8 nitrogen and oxygen atoms in total. The van der Waals surface area contributed by atoms with Crippen LogP contribution in [0.1, 0.15) is 15.9 Å². The average Bonchev–Trinajstić information content (AvgIpc) is 3.30. The Kier molecular flexibility index (Phi) is 5.04. The number of primary amides is 1. The molecule has 0 fully saturated rings. The summed E-state index contributed by atoms with van der Waals surface area (Å²) in [6.07, 6.45) is 2.97. The van der Waals surface area contributed by atoms with Gasteiger partial charge in [-0.3, -0.25) is 18.7 Å². The zero-order valence-corrected chi connectivity index (χ0v) is 17.6. The minimum absolute atomic E-state index is 0.280. The number of carbonyl (C=O) groups excluding carboxylic acids is 1. The van der Waals surface area contributed by atoms with E-state index in [-0.39, 0.29) is 5.56 Å². The number of hydrogen-bond donors (Lipinski definition) is 2. The fraction of sp³-hybridized carbons (Fsp3) is 0.0400. The second kappa shape index (κ2) is 8.18. The predicted octanol–water partition coefficient (Wildman–Crippen LogP) is 2.80. The number of carbonyl (C=O) groups is 1. The number of benzene rings is 3. The summed E-state index contributed by atoms with van der Waals surface area (Å²) in [5.41, 5.74) is 16.3. The molecule has 0 radical (unpaired) electrons. The lowest BCUT2D eigenvalue weighted by Crippen LogP contribution is -2.20. The molecule has 1 amide bonds. The first-order valence-corrected chi connectivity index (χ1v) is 10.3. The van der Waals surface area contributed by atoms with Gasteiger partial charge in [-0.15, -0.1) is 0 Å². The summed E-state index contributed by atoms with van der Waals surface area (Å²) >= 11 is 0. The van der Waals surface area contributed by atoms with E-state index in [4.69, 9.17) is 11.5 Å². The van der Waals surface area contributed by atoms with Crippen molar-refractivity contribution in [3.63, 3.8) is 0 Å². The lowest BCUT2D eigenvalue weighted by Gasteiger charge is -2.10. The van der Waals surface area contributed by atoms with Crippen molar-refractivity contribution in [3.05, 3.63) is 107 Å². The van der Waals surface area contributed by atoms with Gasteiger partial charge in [0.05, 0.1) is 5.69 Å². The van der Waals surface area contributed by atoms with Gasteiger partial charge in [-0.25, -0.2) is 9.97 Å². The number of fused-ring (bicyclic) bond motifs is 1. The molecule has 0 aliphatic heterocycles. The Labute approximate surface area is 188 Å². The fourth-order valence-electron chi connectivity index (χ4n) is 3.88. The monoisotopic (exact) mass is 436 g/mol. The van der Waals surface area contributed by atoms with Crippen LogP contribution in [0.2, 0.25) is 0 Å². The van der Waals surface area contributed by atoms with Gasteiger partial charge in [0, 0.05) is 17.8 Å². The first kappa shape index (κ1) is 20.3. The zero-order chi connectivity index (χ0) is 22.9. The smallest absolute Gasteiger partial charge is 0.284 e. The number of imidazole rings is 1. The van der Waals surface area contributed by atoms with Gasteiger partial charge in [-0.1, -0.05) is 42.5 Å². The molecule has 0 saturated heterocycles. The van der Waals surface area contributed by atoms with Crippen LogP contribution in [0, 0.1) is 0 Å². The van der Waals surface area contributed by atoms with Crippen molar-refractivity contribution in [2.75, 3.05) is 0 Å². The molecule has 0 spiro atoms. The molecule has 0 unspecified atom stereocenters. The third-order valence-corrected chi connectivity index (χ3v) is 5.57. The van der Waals surface area contributed by atoms with Crippen LogP contribution in [0.3, 0.4) is 0 Å². The maximum absolute atomic E-state index is 13.4. The van der Waals surface area contributed by atoms with Crippen molar-refractivity contribution in [1.29, 1.82) is 0 Å². The van der Waals surface area contributed by atoms with Gasteiger partial charge in [0.2, 0.25) is 5.91 Å². The maximum Gasteiger partial charge on any atom is 0.284 e. The van der Waals surface area contributed by atoms with Crippen LogP contribution in [-0.4, -0.2) is 25.0 Å². The van der Waals surface area contributed by atoms with E-state index < -0.39 is 5.91 Å². The van der Waals surface area contributed by atoms with Crippen molar-refractivity contribution >= 4 is 17.1 Å². The Bertz CT molecular complexity index is 1550. The number of nitrogens with zero attached hydrogens (tertiary/aromatic N) is 4. The lowest BCUT2D eigenvalue weighted by atomic mass is 9.99. The molecule has 0 aliphatic carbocycles. The maximum atomic E-state index is 13.4. The van der Waals surface area contributed by atoms with E-state index in [2.05, 4.69) is 9.97 Å². The van der Waals surface area contributed by atoms with Gasteiger partial charge in [0.1, 0.15) is 12.7 Å². The second-order valence-corrected chi connectivity index (χ2v) is 7.53. The SMILES string of the molecule is NCc1ccccc1-c1ccc(-n2cnc3ncn(-c4cccc(C(N)=O)c4)c3c2=O)cc1. The molecule has 2 aromatic heterocycles. The Morgan fingerprint density at radius 3 is 2.30 bits per heavy atom. The van der Waals surface area contributed by atoms with Gasteiger partial charge in [-0.05, 0) is 47.0 Å². The second-order valence-electron chi connectivity index (χ2n) is 7.53. The minimum Gasteiger partial charge on any atom is -0.366 e. The molecule has 4 N–H and O–H groups in total. The van der Waals surface area contributed by atoms with E-state index in [9.17, 15) is 9.59 Å². The first-order chi connectivity index (χ1) is 16.1. The molecule has 0 atom stereocenters. The van der Waals surface area contributed by atoms with Crippen LogP contribution in [0.25, 0.3) is 33.7 Å². The van der Waals surface area contributed by atoms with Crippen molar-refractivity contribution in [2.24, 2.45) is 11.5 Å². The van der Waals surface area contributed by atoms with Crippen molar-refractivity contribution in [1.82, 2.24) is 19.1 Å². The minimum atomic E-state index is -0.548. The van der Waals surface area contributed by atoms with E-state index in [1.807, 2.05) is 48.5 Å². The standard InChI is InChI=1S/C25H20N6O2/c26-13-18-4-1-2-7-21(18)16-8-10-19(11-9-16)31-15-29-24-22(25(31)33)30(14-28-24)20-6-3-5-17(12-20)23(27)32/h1-12,14-15H,13,26H2,(H2,27,32). The molecule has 3 aromatic carbocycles. The van der Waals surface area contributed by atoms with E-state index >= 15 is 0 Å². The van der Waals surface area contributed by atoms with Crippen molar-refractivity contribution in [3.8, 4) is 22.5 Å². The Morgan fingerprint density at radius 1 is 0.848 bits per heavy atom. The number of amides is 1. The van der Waals surface area contributed by atoms with Gasteiger partial charge in [0.15, 0.2) is 11.2 Å². The van der Waals surface area contributed by atoms with Crippen LogP contribution in [0.15, 0.2) is 90.2 Å². The average molecular weight is 436 g/mol. The molecule has 2 heterocycles. The third-order valence-electron chi connectivity index (χ3n) is 5.57. The van der Waals surface area contributed by atoms with Crippen molar-refractivity contribution in [2.45, 2.75) is 6.54 Å². The molecule has 5 aromatic rings. The summed E-state index contributed by atoms with van der Waals surface area (Å²) in [6.45, 7) is 0.443. The normalized spacial score (nSPS) is 11.1. The fourth-order valence-corrected chi connectivity index (χ4v) is 3.88. The molecule has 33 heavy (non-hydrogen) atoms. The predicted molar refractivity (Wildman–Crippen MR) is 126 cm³/mol. The molecule has 0 bridgehead atoms. The number of rotatable bonds is 5. The Morgan fingerprint density at radius 2 is 1.58 bits per heavy atom. The number of nitrogens with two attached hydrogens (primary N) is 2. The number of aromatic nitrogens is 4. The molecule has 8 heteroatoms. The van der Waals surface area contributed by atoms with E-state index in [1.165, 1.54) is 17.2 Å². The van der Waals surface area contributed by atoms with Crippen molar-refractivity contribution < 1.29 is 4.79 Å². The van der Waals surface area contributed by atoms with Gasteiger partial charge in [0.25, 0.3) is 5.56 Å². The lowest BCUT2D eigenvalue weighted by molar-refractivity contribution is 0.1000. The van der Waals surface area contributed by atoms with Crippen LogP contribution >= 0.6 is 0 Å². The summed E-state index contributed by atoms with van der Waals surface area (Å²) in [5, 5.41) is 0. The highest BCUT2D eigenvalue weighted by atomic mass is 16.1. The summed E-state index contributed by atoms with van der Waals surface area (Å²) in [7, 11) is 0. The highest BCUT2D eigenvalue weighted by Gasteiger charge is 2.14. The van der Waals surface area contributed by atoms with Crippen LogP contribution in [0.4, 0.5) is 0 Å². The Hall–Kier alpha value is -4.56. The molecule has 5 rings (SSSR count). The Balaban J connectivity index is 1.60. The quantitative estimate of drug-likeness (QED) is 0.439. The summed E-state index contributed by atoms with van der Waals surface area (Å²) in [4.78, 5) is 33.6. The summed E-state index contributed by atoms with van der Waals surface area (Å²) in [6, 6.07) is 22.3. The largest absolute Gasteiger partial charge is 0.366 e. The first-order valence-electron chi connectivity index (χ1n) is 10.3. The zero-order valence-electron chi connectivity index (χ0n) is 17.6. The van der Waals surface area contributed by atoms with Crippen LogP contribution in [0.5, 0.6) is 0 Å². The van der Waals surface area contributed by atoms with E-state index in [0.717, 1.165) is 16.7 Å². The van der Waals surface area contributed by atoms with Gasteiger partial charge >= 0.3 is 0 Å². The summed E-state index contributed by atoms with van der Waals surface area (Å²) < 4.78 is 3.08. The topological polar surface area (TPSA) is 122 Å². The van der Waals surface area contributed by atoms with E-state index in [1.54, 1.807) is 28.8 Å². The molecular formula is C25H20N6O2. The number of hydrogen-bond acceptors (Lipinski definition) is 5. The highest BCUT2D eigenvalue weighted by Crippen LogP contribution is 2.24. The van der Waals surface area contributed by atoms with E-state index in [0.29, 0.717) is 34.6 Å². The molecule has 0 aliphatic rings. The summed E-state index contributed by atoms with van der Waals surface area (Å²) in [5.74, 6) is -0.548. The van der Waals surface area contributed by atoms with Gasteiger partial charge in [-0.2, -0.15) is 0 Å². The third kappa shape index (κ3) is 3.58. The molecule has 0 saturated carbocycles. The van der Waals surface area contributed by atoms with Crippen LogP contribution < -0.4 is 17.0 Å². The van der Waals surface area contributed by atoms with Crippen LogP contribution in [-0.2, 0) is 6.54 Å². The van der Waals surface area contributed by atoms with Gasteiger partial charge < -0.3 is 11.5 Å². The highest BCUT2D eigenvalue weighted by molar-refractivity contribution is 5.93.